The normalized spacial score (nSPS) is 21.4. The molecule has 0 spiro atoms. The maximum Gasteiger partial charge on any atom is 0.151 e. The van der Waals surface area contributed by atoms with Gasteiger partial charge in [-0.15, -0.1) is 0 Å². The quantitative estimate of drug-likeness (QED) is 0.699. The Bertz CT molecular complexity index is 574. The number of benzene rings is 1. The van der Waals surface area contributed by atoms with Crippen LogP contribution in [0.2, 0.25) is 5.02 Å². The summed E-state index contributed by atoms with van der Waals surface area (Å²) in [5.74, 6) is 0.252. The highest BCUT2D eigenvalue weighted by Crippen LogP contribution is 2.44. The molecule has 1 aromatic carbocycles. The fraction of sp³-hybridized carbons (Fsp3) is 0.611. The van der Waals surface area contributed by atoms with Crippen molar-refractivity contribution in [2.24, 2.45) is 16.6 Å². The molecule has 1 unspecified atom stereocenters. The monoisotopic (exact) mass is 338 g/mol. The van der Waals surface area contributed by atoms with E-state index in [4.69, 9.17) is 22.1 Å². The van der Waals surface area contributed by atoms with E-state index in [0.29, 0.717) is 10.7 Å². The molecule has 0 radical (unpaired) electrons. The molecule has 2 rings (SSSR count). The summed E-state index contributed by atoms with van der Waals surface area (Å²) in [6.07, 6.45) is 4.29. The van der Waals surface area contributed by atoms with Crippen LogP contribution in [0.3, 0.4) is 0 Å². The summed E-state index contributed by atoms with van der Waals surface area (Å²) in [6, 6.07) is 5.34. The van der Waals surface area contributed by atoms with Gasteiger partial charge in [-0.25, -0.2) is 4.99 Å². The average Bonchev–Trinajstić information content (AvgIpc) is 2.75. The van der Waals surface area contributed by atoms with Gasteiger partial charge in [-0.05, 0) is 50.8 Å². The number of hydrogen-bond donors (Lipinski definition) is 2. The number of halogens is 1. The van der Waals surface area contributed by atoms with Crippen LogP contribution in [0.25, 0.3) is 0 Å². The molecule has 0 saturated carbocycles. The van der Waals surface area contributed by atoms with E-state index in [0.717, 1.165) is 37.9 Å². The second-order valence-electron chi connectivity index (χ2n) is 6.59. The molecule has 1 aliphatic heterocycles. The SMILES string of the molecule is CC(C)OCCCCCC(C)[C@]1(O)C(N)=Nc2ccc(Cl)cc21. The molecule has 4 nitrogen and oxygen atoms in total. The number of fused-ring (bicyclic) bond motifs is 1. The van der Waals surface area contributed by atoms with Crippen LogP contribution >= 0.6 is 11.6 Å². The predicted molar refractivity (Wildman–Crippen MR) is 95.4 cm³/mol. The lowest BCUT2D eigenvalue weighted by Gasteiger charge is -2.31. The Hall–Kier alpha value is -1.10. The third-order valence-corrected chi connectivity index (χ3v) is 4.68. The Balaban J connectivity index is 1.93. The first-order chi connectivity index (χ1) is 10.9. The van der Waals surface area contributed by atoms with Gasteiger partial charge < -0.3 is 15.6 Å². The predicted octanol–water partition coefficient (Wildman–Crippen LogP) is 4.15. The molecular weight excluding hydrogens is 312 g/mol. The van der Waals surface area contributed by atoms with E-state index in [-0.39, 0.29) is 17.9 Å². The molecule has 1 aliphatic rings. The molecule has 1 heterocycles. The van der Waals surface area contributed by atoms with Gasteiger partial charge in [0.2, 0.25) is 0 Å². The van der Waals surface area contributed by atoms with Crippen molar-refractivity contribution in [3.63, 3.8) is 0 Å². The van der Waals surface area contributed by atoms with Gasteiger partial charge in [-0.3, -0.25) is 0 Å². The Morgan fingerprint density at radius 2 is 2.00 bits per heavy atom. The molecule has 23 heavy (non-hydrogen) atoms. The van der Waals surface area contributed by atoms with Gasteiger partial charge in [-0.1, -0.05) is 31.4 Å². The number of nitrogens with two attached hydrogens (primary N) is 1. The third kappa shape index (κ3) is 4.06. The van der Waals surface area contributed by atoms with Gasteiger partial charge in [0.15, 0.2) is 5.60 Å². The van der Waals surface area contributed by atoms with Crippen LogP contribution in [0.5, 0.6) is 0 Å². The molecule has 0 fully saturated rings. The molecule has 5 heteroatoms. The van der Waals surface area contributed by atoms with Crippen molar-refractivity contribution in [3.05, 3.63) is 28.8 Å². The number of ether oxygens (including phenoxy) is 1. The minimum absolute atomic E-state index is 0.0167. The van der Waals surface area contributed by atoms with E-state index >= 15 is 0 Å². The van der Waals surface area contributed by atoms with E-state index in [2.05, 4.69) is 4.99 Å². The Kier molecular flexibility index (Phi) is 6.06. The number of rotatable bonds is 8. The van der Waals surface area contributed by atoms with Crippen LogP contribution in [0, 0.1) is 5.92 Å². The van der Waals surface area contributed by atoms with Crippen LogP contribution in [0.1, 0.15) is 52.0 Å². The lowest BCUT2D eigenvalue weighted by Crippen LogP contribution is -2.44. The van der Waals surface area contributed by atoms with Crippen LogP contribution in [0.4, 0.5) is 5.69 Å². The maximum absolute atomic E-state index is 11.1. The molecular formula is C18H27ClN2O2. The van der Waals surface area contributed by atoms with Gasteiger partial charge >= 0.3 is 0 Å². The summed E-state index contributed by atoms with van der Waals surface area (Å²) in [4.78, 5) is 4.31. The standard InChI is InChI=1S/C18H27ClN2O2/c1-12(2)23-10-6-4-5-7-13(3)18(22)15-11-14(19)8-9-16(15)21-17(18)20/h8-9,11-13,22H,4-7,10H2,1-3H3,(H2,20,21)/t13?,18-/m1/s1. The van der Waals surface area contributed by atoms with Gasteiger partial charge in [-0.2, -0.15) is 0 Å². The van der Waals surface area contributed by atoms with Crippen molar-refractivity contribution in [3.8, 4) is 0 Å². The van der Waals surface area contributed by atoms with Crippen molar-refractivity contribution in [1.82, 2.24) is 0 Å². The smallest absolute Gasteiger partial charge is 0.151 e. The Labute approximate surface area is 143 Å². The number of hydrogen-bond acceptors (Lipinski definition) is 4. The molecule has 2 atom stereocenters. The zero-order chi connectivity index (χ0) is 17.0. The Morgan fingerprint density at radius 3 is 2.70 bits per heavy atom. The average molecular weight is 339 g/mol. The highest BCUT2D eigenvalue weighted by atomic mass is 35.5. The molecule has 0 amide bonds. The third-order valence-electron chi connectivity index (χ3n) is 4.45. The summed E-state index contributed by atoms with van der Waals surface area (Å²) in [6.45, 7) is 6.89. The van der Waals surface area contributed by atoms with Gasteiger partial charge in [0.25, 0.3) is 0 Å². The van der Waals surface area contributed by atoms with Crippen LogP contribution in [-0.4, -0.2) is 23.7 Å². The number of aliphatic imine (C=N–C) groups is 1. The fourth-order valence-electron chi connectivity index (χ4n) is 3.04. The molecule has 3 N–H and O–H groups in total. The number of aliphatic hydroxyl groups is 1. The molecule has 0 aromatic heterocycles. The molecule has 1 aromatic rings. The van der Waals surface area contributed by atoms with Crippen LogP contribution in [-0.2, 0) is 10.3 Å². The number of amidine groups is 1. The fourth-order valence-corrected chi connectivity index (χ4v) is 3.21. The van der Waals surface area contributed by atoms with E-state index in [1.54, 1.807) is 18.2 Å². The first kappa shape index (κ1) is 18.2. The first-order valence-electron chi connectivity index (χ1n) is 8.34. The van der Waals surface area contributed by atoms with E-state index < -0.39 is 5.60 Å². The zero-order valence-electron chi connectivity index (χ0n) is 14.2. The molecule has 0 bridgehead atoms. The second-order valence-corrected chi connectivity index (χ2v) is 7.03. The minimum Gasteiger partial charge on any atom is -0.384 e. The van der Waals surface area contributed by atoms with Crippen LogP contribution in [0.15, 0.2) is 23.2 Å². The van der Waals surface area contributed by atoms with Crippen molar-refractivity contribution in [2.45, 2.75) is 58.2 Å². The van der Waals surface area contributed by atoms with Crippen LogP contribution < -0.4 is 5.73 Å². The number of nitrogens with zero attached hydrogens (tertiary/aromatic N) is 1. The molecule has 0 saturated heterocycles. The summed E-state index contributed by atoms with van der Waals surface area (Å²) >= 11 is 6.07. The lowest BCUT2D eigenvalue weighted by molar-refractivity contribution is 0.0485. The second kappa shape index (κ2) is 7.65. The van der Waals surface area contributed by atoms with Crippen molar-refractivity contribution < 1.29 is 9.84 Å². The summed E-state index contributed by atoms with van der Waals surface area (Å²) in [5.41, 5.74) is 6.26. The van der Waals surface area contributed by atoms with Gasteiger partial charge in [0.1, 0.15) is 5.84 Å². The molecule has 128 valence electrons. The van der Waals surface area contributed by atoms with Crippen molar-refractivity contribution in [1.29, 1.82) is 0 Å². The van der Waals surface area contributed by atoms with Gasteiger partial charge in [0, 0.05) is 17.2 Å². The summed E-state index contributed by atoms with van der Waals surface area (Å²) in [5, 5.41) is 11.7. The highest BCUT2D eigenvalue weighted by Gasteiger charge is 2.44. The summed E-state index contributed by atoms with van der Waals surface area (Å²) in [7, 11) is 0. The minimum atomic E-state index is -1.21. The first-order valence-corrected chi connectivity index (χ1v) is 8.72. The van der Waals surface area contributed by atoms with E-state index in [1.807, 2.05) is 20.8 Å². The highest BCUT2D eigenvalue weighted by molar-refractivity contribution is 6.30. The topological polar surface area (TPSA) is 67.8 Å². The lowest BCUT2D eigenvalue weighted by atomic mass is 9.79. The summed E-state index contributed by atoms with van der Waals surface area (Å²) < 4.78 is 5.54. The van der Waals surface area contributed by atoms with Gasteiger partial charge in [0.05, 0.1) is 11.8 Å². The number of unbranched alkanes of at least 4 members (excludes halogenated alkanes) is 2. The van der Waals surface area contributed by atoms with Crippen molar-refractivity contribution >= 4 is 23.1 Å². The van der Waals surface area contributed by atoms with E-state index in [1.165, 1.54) is 0 Å². The zero-order valence-corrected chi connectivity index (χ0v) is 14.9. The van der Waals surface area contributed by atoms with E-state index in [9.17, 15) is 5.11 Å². The Morgan fingerprint density at radius 1 is 1.26 bits per heavy atom. The largest absolute Gasteiger partial charge is 0.384 e. The molecule has 0 aliphatic carbocycles. The maximum atomic E-state index is 11.1. The van der Waals surface area contributed by atoms with Crippen molar-refractivity contribution in [2.75, 3.05) is 6.61 Å².